The van der Waals surface area contributed by atoms with Gasteiger partial charge in [-0.2, -0.15) is 0 Å². The maximum absolute atomic E-state index is 5.93. The number of halogens is 1. The molecule has 1 rings (SSSR count). The van der Waals surface area contributed by atoms with Crippen LogP contribution in [0.25, 0.3) is 0 Å². The third-order valence-corrected chi connectivity index (χ3v) is 3.11. The van der Waals surface area contributed by atoms with Gasteiger partial charge in [-0.05, 0) is 25.3 Å². The van der Waals surface area contributed by atoms with Crippen molar-refractivity contribution in [2.45, 2.75) is 33.1 Å². The van der Waals surface area contributed by atoms with Gasteiger partial charge in [0.25, 0.3) is 0 Å². The molecule has 0 atom stereocenters. The first-order chi connectivity index (χ1) is 9.69. The quantitative estimate of drug-likeness (QED) is 0.477. The monoisotopic (exact) mass is 300 g/mol. The standard InChI is InChI=1S/C16H25ClO3/c1-4-19-15-7-5-6-14(12-17)16(15)20-11-10-18-9-8-13(2)3/h5-7,13H,4,8-12H2,1-3H3. The molecule has 4 heteroatoms. The van der Waals surface area contributed by atoms with Crippen LogP contribution in [0.3, 0.4) is 0 Å². The van der Waals surface area contributed by atoms with Crippen LogP contribution in [-0.4, -0.2) is 26.4 Å². The van der Waals surface area contributed by atoms with Crippen molar-refractivity contribution in [2.24, 2.45) is 5.92 Å². The Balaban J connectivity index is 2.45. The van der Waals surface area contributed by atoms with E-state index in [2.05, 4.69) is 13.8 Å². The van der Waals surface area contributed by atoms with Crippen LogP contribution in [0.5, 0.6) is 11.5 Å². The van der Waals surface area contributed by atoms with Crippen LogP contribution in [0, 0.1) is 5.92 Å². The number of hydrogen-bond acceptors (Lipinski definition) is 3. The molecule has 0 spiro atoms. The van der Waals surface area contributed by atoms with Crippen molar-refractivity contribution in [1.29, 1.82) is 0 Å². The average Bonchev–Trinajstić information content (AvgIpc) is 2.43. The molecule has 0 aliphatic carbocycles. The zero-order valence-electron chi connectivity index (χ0n) is 12.7. The van der Waals surface area contributed by atoms with E-state index in [1.54, 1.807) is 0 Å². The van der Waals surface area contributed by atoms with E-state index in [0.29, 0.717) is 31.6 Å². The molecule has 0 aliphatic rings. The van der Waals surface area contributed by atoms with Crippen LogP contribution in [0.2, 0.25) is 0 Å². The maximum Gasteiger partial charge on any atom is 0.165 e. The molecule has 0 amide bonds. The molecule has 1 aromatic carbocycles. The highest BCUT2D eigenvalue weighted by Gasteiger charge is 2.10. The summed E-state index contributed by atoms with van der Waals surface area (Å²) in [4.78, 5) is 0. The third kappa shape index (κ3) is 6.02. The Morgan fingerprint density at radius 1 is 1.10 bits per heavy atom. The van der Waals surface area contributed by atoms with Crippen LogP contribution >= 0.6 is 11.6 Å². The minimum absolute atomic E-state index is 0.407. The van der Waals surface area contributed by atoms with Crippen molar-refractivity contribution in [2.75, 3.05) is 26.4 Å². The molecule has 20 heavy (non-hydrogen) atoms. The highest BCUT2D eigenvalue weighted by Crippen LogP contribution is 2.32. The Kier molecular flexibility index (Phi) is 8.47. The molecular weight excluding hydrogens is 276 g/mol. The minimum Gasteiger partial charge on any atom is -0.490 e. The number of hydrogen-bond donors (Lipinski definition) is 0. The summed E-state index contributed by atoms with van der Waals surface area (Å²) >= 11 is 5.93. The summed E-state index contributed by atoms with van der Waals surface area (Å²) < 4.78 is 16.9. The lowest BCUT2D eigenvalue weighted by Crippen LogP contribution is -2.10. The van der Waals surface area contributed by atoms with Gasteiger partial charge >= 0.3 is 0 Å². The lowest BCUT2D eigenvalue weighted by molar-refractivity contribution is 0.0911. The van der Waals surface area contributed by atoms with Crippen molar-refractivity contribution >= 4 is 11.6 Å². The average molecular weight is 301 g/mol. The fourth-order valence-corrected chi connectivity index (χ4v) is 1.93. The molecule has 1 aromatic rings. The molecular formula is C16H25ClO3. The third-order valence-electron chi connectivity index (χ3n) is 2.82. The Morgan fingerprint density at radius 2 is 1.90 bits per heavy atom. The SMILES string of the molecule is CCOc1cccc(CCl)c1OCCOCCC(C)C. The molecule has 0 unspecified atom stereocenters. The smallest absolute Gasteiger partial charge is 0.165 e. The van der Waals surface area contributed by atoms with Crippen molar-refractivity contribution in [3.8, 4) is 11.5 Å². The number of para-hydroxylation sites is 1. The van der Waals surface area contributed by atoms with Crippen molar-refractivity contribution < 1.29 is 14.2 Å². The Bertz CT molecular complexity index is 380. The van der Waals surface area contributed by atoms with E-state index in [-0.39, 0.29) is 0 Å². The predicted molar refractivity (Wildman–Crippen MR) is 82.9 cm³/mol. The van der Waals surface area contributed by atoms with Crippen LogP contribution in [0.4, 0.5) is 0 Å². The second kappa shape index (κ2) is 9.89. The Labute approximate surface area is 127 Å². The summed E-state index contributed by atoms with van der Waals surface area (Å²) in [6.07, 6.45) is 1.07. The van der Waals surface area contributed by atoms with E-state index < -0.39 is 0 Å². The summed E-state index contributed by atoms with van der Waals surface area (Å²) in [5.74, 6) is 2.55. The van der Waals surface area contributed by atoms with Gasteiger partial charge in [0.05, 0.1) is 19.1 Å². The second-order valence-corrected chi connectivity index (χ2v) is 5.22. The summed E-state index contributed by atoms with van der Waals surface area (Å²) in [5.41, 5.74) is 0.944. The van der Waals surface area contributed by atoms with Crippen LogP contribution in [-0.2, 0) is 10.6 Å². The van der Waals surface area contributed by atoms with E-state index in [9.17, 15) is 0 Å². The van der Waals surface area contributed by atoms with Crippen molar-refractivity contribution in [1.82, 2.24) is 0 Å². The van der Waals surface area contributed by atoms with E-state index >= 15 is 0 Å². The van der Waals surface area contributed by atoms with E-state index in [0.717, 1.165) is 30.1 Å². The molecule has 3 nitrogen and oxygen atoms in total. The first-order valence-electron chi connectivity index (χ1n) is 7.20. The van der Waals surface area contributed by atoms with Crippen molar-refractivity contribution in [3.63, 3.8) is 0 Å². The number of alkyl halides is 1. The highest BCUT2D eigenvalue weighted by atomic mass is 35.5. The molecule has 0 fully saturated rings. The second-order valence-electron chi connectivity index (χ2n) is 4.95. The summed E-state index contributed by atoms with van der Waals surface area (Å²) in [5, 5.41) is 0. The van der Waals surface area contributed by atoms with Gasteiger partial charge in [0.1, 0.15) is 6.61 Å². The molecule has 0 heterocycles. The summed E-state index contributed by atoms with van der Waals surface area (Å²) in [6, 6.07) is 5.77. The van der Waals surface area contributed by atoms with E-state index in [4.69, 9.17) is 25.8 Å². The normalized spacial score (nSPS) is 10.8. The Hall–Kier alpha value is -0.930. The zero-order valence-corrected chi connectivity index (χ0v) is 13.4. The first kappa shape index (κ1) is 17.1. The molecule has 0 bridgehead atoms. The number of ether oxygens (including phenoxy) is 3. The van der Waals surface area contributed by atoms with Crippen LogP contribution in [0.15, 0.2) is 18.2 Å². The molecule has 0 N–H and O–H groups in total. The molecule has 0 saturated heterocycles. The number of rotatable bonds is 10. The maximum atomic E-state index is 5.93. The van der Waals surface area contributed by atoms with Crippen molar-refractivity contribution in [3.05, 3.63) is 23.8 Å². The first-order valence-corrected chi connectivity index (χ1v) is 7.73. The number of benzene rings is 1. The molecule has 0 saturated carbocycles. The highest BCUT2D eigenvalue weighted by molar-refractivity contribution is 6.17. The summed E-state index contributed by atoms with van der Waals surface area (Å²) in [6.45, 7) is 8.78. The topological polar surface area (TPSA) is 27.7 Å². The fourth-order valence-electron chi connectivity index (χ4n) is 1.72. The van der Waals surface area contributed by atoms with Crippen LogP contribution < -0.4 is 9.47 Å². The fraction of sp³-hybridized carbons (Fsp3) is 0.625. The van der Waals surface area contributed by atoms with Gasteiger partial charge in [-0.1, -0.05) is 26.0 Å². The van der Waals surface area contributed by atoms with Gasteiger partial charge in [0, 0.05) is 12.2 Å². The lowest BCUT2D eigenvalue weighted by atomic mass is 10.1. The minimum atomic E-state index is 0.407. The largest absolute Gasteiger partial charge is 0.490 e. The van der Waals surface area contributed by atoms with Gasteiger partial charge in [-0.3, -0.25) is 0 Å². The van der Waals surface area contributed by atoms with Gasteiger partial charge in [-0.15, -0.1) is 11.6 Å². The Morgan fingerprint density at radius 3 is 2.55 bits per heavy atom. The molecule has 0 aromatic heterocycles. The zero-order chi connectivity index (χ0) is 14.8. The molecule has 114 valence electrons. The van der Waals surface area contributed by atoms with Gasteiger partial charge in [-0.25, -0.2) is 0 Å². The lowest BCUT2D eigenvalue weighted by Gasteiger charge is -2.15. The van der Waals surface area contributed by atoms with Gasteiger partial charge in [0.2, 0.25) is 0 Å². The van der Waals surface area contributed by atoms with Gasteiger partial charge in [0.15, 0.2) is 11.5 Å². The summed E-state index contributed by atoms with van der Waals surface area (Å²) in [7, 11) is 0. The van der Waals surface area contributed by atoms with E-state index in [1.807, 2.05) is 25.1 Å². The molecule has 0 aliphatic heterocycles. The molecule has 0 radical (unpaired) electrons. The van der Waals surface area contributed by atoms with E-state index in [1.165, 1.54) is 0 Å². The van der Waals surface area contributed by atoms with Gasteiger partial charge < -0.3 is 14.2 Å². The predicted octanol–water partition coefficient (Wildman–Crippen LogP) is 4.27. The van der Waals surface area contributed by atoms with Crippen LogP contribution in [0.1, 0.15) is 32.8 Å².